The van der Waals surface area contributed by atoms with E-state index in [0.717, 1.165) is 6.42 Å². The van der Waals surface area contributed by atoms with Gasteiger partial charge in [0.05, 0.1) is 0 Å². The average molecular weight is 223 g/mol. The minimum absolute atomic E-state index is 0.0146. The topological polar surface area (TPSA) is 43.1 Å². The smallest absolute Gasteiger partial charge is 0.162 e. The van der Waals surface area contributed by atoms with Crippen molar-refractivity contribution in [3.8, 4) is 0 Å². The van der Waals surface area contributed by atoms with Crippen LogP contribution in [-0.2, 0) is 0 Å². The van der Waals surface area contributed by atoms with Crippen molar-refractivity contribution in [3.05, 3.63) is 35.1 Å². The van der Waals surface area contributed by atoms with Gasteiger partial charge in [0.2, 0.25) is 0 Å². The molecule has 0 aromatic heterocycles. The highest BCUT2D eigenvalue weighted by Crippen LogP contribution is 2.13. The van der Waals surface area contributed by atoms with Crippen LogP contribution in [0.5, 0.6) is 0 Å². The molecule has 1 aromatic carbocycles. The number of carbonyl (C=O) groups excluding carboxylic acids is 1. The molecule has 0 fully saturated rings. The summed E-state index contributed by atoms with van der Waals surface area (Å²) in [6.45, 7) is 4.26. The van der Waals surface area contributed by atoms with E-state index >= 15 is 0 Å². The number of hydrogen-bond acceptors (Lipinski definition) is 2. The molecule has 1 aromatic rings. The second kappa shape index (κ2) is 5.75. The highest BCUT2D eigenvalue weighted by molar-refractivity contribution is 5.96. The third-order valence-electron chi connectivity index (χ3n) is 2.76. The van der Waals surface area contributed by atoms with Crippen molar-refractivity contribution in [1.29, 1.82) is 0 Å². The number of ketones is 1. The molecule has 0 saturated heterocycles. The third-order valence-corrected chi connectivity index (χ3v) is 2.76. The van der Waals surface area contributed by atoms with Gasteiger partial charge < -0.3 is 5.73 Å². The van der Waals surface area contributed by atoms with E-state index in [4.69, 9.17) is 5.73 Å². The van der Waals surface area contributed by atoms with Gasteiger partial charge in [0.15, 0.2) is 5.78 Å². The maximum Gasteiger partial charge on any atom is 0.162 e. The Kier molecular flexibility index (Phi) is 4.62. The zero-order valence-electron chi connectivity index (χ0n) is 9.79. The van der Waals surface area contributed by atoms with Crippen LogP contribution in [0.15, 0.2) is 18.2 Å². The number of benzene rings is 1. The number of nitrogens with two attached hydrogens (primary N) is 1. The molecular formula is C13H18FNO. The van der Waals surface area contributed by atoms with Crippen LogP contribution in [0.4, 0.5) is 4.39 Å². The van der Waals surface area contributed by atoms with Gasteiger partial charge in [0.1, 0.15) is 5.82 Å². The van der Waals surface area contributed by atoms with E-state index in [-0.39, 0.29) is 11.6 Å². The van der Waals surface area contributed by atoms with Crippen molar-refractivity contribution in [1.82, 2.24) is 0 Å². The molecule has 2 N–H and O–H groups in total. The molecular weight excluding hydrogens is 205 g/mol. The SMILES string of the molecule is Cc1ccc(C(=O)CCC(C)CN)cc1F. The van der Waals surface area contributed by atoms with Gasteiger partial charge in [-0.3, -0.25) is 4.79 Å². The molecule has 16 heavy (non-hydrogen) atoms. The Bertz CT molecular complexity index is 376. The molecule has 88 valence electrons. The van der Waals surface area contributed by atoms with Gasteiger partial charge in [-0.05, 0) is 37.4 Å². The summed E-state index contributed by atoms with van der Waals surface area (Å²) in [4.78, 5) is 11.7. The van der Waals surface area contributed by atoms with Gasteiger partial charge in [-0.2, -0.15) is 0 Å². The predicted molar refractivity (Wildman–Crippen MR) is 62.9 cm³/mol. The minimum atomic E-state index is -0.322. The summed E-state index contributed by atoms with van der Waals surface area (Å²) in [5.41, 5.74) is 6.48. The molecule has 0 saturated carbocycles. The average Bonchev–Trinajstić information content (AvgIpc) is 2.29. The summed E-state index contributed by atoms with van der Waals surface area (Å²) in [5, 5.41) is 0. The predicted octanol–water partition coefficient (Wildman–Crippen LogP) is 2.69. The number of Topliss-reactive ketones (excluding diaryl/α,β-unsaturated/α-hetero) is 1. The van der Waals surface area contributed by atoms with Gasteiger partial charge in [-0.25, -0.2) is 4.39 Å². The highest BCUT2D eigenvalue weighted by atomic mass is 19.1. The molecule has 0 bridgehead atoms. The van der Waals surface area contributed by atoms with Crippen LogP contribution in [0.3, 0.4) is 0 Å². The number of hydrogen-bond donors (Lipinski definition) is 1. The first-order valence-corrected chi connectivity index (χ1v) is 5.54. The highest BCUT2D eigenvalue weighted by Gasteiger charge is 2.09. The van der Waals surface area contributed by atoms with E-state index in [1.165, 1.54) is 6.07 Å². The lowest BCUT2D eigenvalue weighted by Gasteiger charge is -2.07. The molecule has 0 aliphatic carbocycles. The maximum atomic E-state index is 13.2. The third kappa shape index (κ3) is 3.42. The lowest BCUT2D eigenvalue weighted by molar-refractivity contribution is 0.0974. The first kappa shape index (κ1) is 12.8. The number of rotatable bonds is 5. The Morgan fingerprint density at radius 3 is 2.75 bits per heavy atom. The van der Waals surface area contributed by atoms with E-state index in [2.05, 4.69) is 0 Å². The zero-order valence-corrected chi connectivity index (χ0v) is 9.79. The van der Waals surface area contributed by atoms with Crippen LogP contribution >= 0.6 is 0 Å². The fourth-order valence-electron chi connectivity index (χ4n) is 1.41. The largest absolute Gasteiger partial charge is 0.330 e. The summed E-state index contributed by atoms with van der Waals surface area (Å²) in [7, 11) is 0. The standard InChI is InChI=1S/C13H18FNO/c1-9(8-15)3-6-13(16)11-5-4-10(2)12(14)7-11/h4-5,7,9H,3,6,8,15H2,1-2H3. The number of carbonyl (C=O) groups is 1. The van der Waals surface area contributed by atoms with Crippen molar-refractivity contribution in [2.45, 2.75) is 26.7 Å². The summed E-state index contributed by atoms with van der Waals surface area (Å²) in [6.07, 6.45) is 1.19. The number of halogens is 1. The molecule has 0 heterocycles. The minimum Gasteiger partial charge on any atom is -0.330 e. The molecule has 1 unspecified atom stereocenters. The zero-order chi connectivity index (χ0) is 12.1. The molecule has 1 atom stereocenters. The monoisotopic (exact) mass is 223 g/mol. The summed E-state index contributed by atoms with van der Waals surface area (Å²) < 4.78 is 13.2. The molecule has 0 spiro atoms. The van der Waals surface area contributed by atoms with Crippen LogP contribution in [0, 0.1) is 18.7 Å². The first-order valence-electron chi connectivity index (χ1n) is 5.54. The van der Waals surface area contributed by atoms with E-state index in [1.54, 1.807) is 19.1 Å². The van der Waals surface area contributed by atoms with Crippen molar-refractivity contribution in [2.75, 3.05) is 6.54 Å². The maximum absolute atomic E-state index is 13.2. The Morgan fingerprint density at radius 2 is 2.19 bits per heavy atom. The summed E-state index contributed by atoms with van der Waals surface area (Å²) >= 11 is 0. The van der Waals surface area contributed by atoms with Gasteiger partial charge in [0, 0.05) is 12.0 Å². The second-order valence-corrected chi connectivity index (χ2v) is 4.27. The summed E-state index contributed by atoms with van der Waals surface area (Å²) in [6, 6.07) is 4.62. The van der Waals surface area contributed by atoms with Crippen LogP contribution in [-0.4, -0.2) is 12.3 Å². The molecule has 0 radical (unpaired) electrons. The second-order valence-electron chi connectivity index (χ2n) is 4.27. The van der Waals surface area contributed by atoms with E-state index < -0.39 is 0 Å². The normalized spacial score (nSPS) is 12.5. The van der Waals surface area contributed by atoms with Crippen LogP contribution in [0.2, 0.25) is 0 Å². The fourth-order valence-corrected chi connectivity index (χ4v) is 1.41. The number of aryl methyl sites for hydroxylation is 1. The molecule has 0 aliphatic rings. The molecule has 0 amide bonds. The Morgan fingerprint density at radius 1 is 1.50 bits per heavy atom. The summed E-state index contributed by atoms with van der Waals surface area (Å²) in [5.74, 6) is -0.00355. The van der Waals surface area contributed by atoms with Gasteiger partial charge in [-0.15, -0.1) is 0 Å². The molecule has 0 aliphatic heterocycles. The molecule has 2 nitrogen and oxygen atoms in total. The van der Waals surface area contributed by atoms with E-state index in [9.17, 15) is 9.18 Å². The van der Waals surface area contributed by atoms with Crippen LogP contribution < -0.4 is 5.73 Å². The Labute approximate surface area is 95.7 Å². The molecule has 3 heteroatoms. The van der Waals surface area contributed by atoms with Gasteiger partial charge in [-0.1, -0.05) is 19.1 Å². The lowest BCUT2D eigenvalue weighted by atomic mass is 9.99. The van der Waals surface area contributed by atoms with Crippen molar-refractivity contribution >= 4 is 5.78 Å². The fraction of sp³-hybridized carbons (Fsp3) is 0.462. The van der Waals surface area contributed by atoms with E-state index in [0.29, 0.717) is 30.0 Å². The molecule has 1 rings (SSSR count). The van der Waals surface area contributed by atoms with E-state index in [1.807, 2.05) is 6.92 Å². The first-order chi connectivity index (χ1) is 7.54. The lowest BCUT2D eigenvalue weighted by Crippen LogP contribution is -2.12. The van der Waals surface area contributed by atoms with Crippen LogP contribution in [0.1, 0.15) is 35.7 Å². The van der Waals surface area contributed by atoms with Crippen molar-refractivity contribution in [3.63, 3.8) is 0 Å². The Hall–Kier alpha value is -1.22. The van der Waals surface area contributed by atoms with Crippen molar-refractivity contribution in [2.24, 2.45) is 11.7 Å². The van der Waals surface area contributed by atoms with Crippen molar-refractivity contribution < 1.29 is 9.18 Å². The quantitative estimate of drug-likeness (QED) is 0.780. The van der Waals surface area contributed by atoms with Gasteiger partial charge >= 0.3 is 0 Å². The Balaban J connectivity index is 2.63. The van der Waals surface area contributed by atoms with Gasteiger partial charge in [0.25, 0.3) is 0 Å². The van der Waals surface area contributed by atoms with Crippen LogP contribution in [0.25, 0.3) is 0 Å².